The van der Waals surface area contributed by atoms with E-state index in [1.54, 1.807) is 11.3 Å². The largest absolute Gasteiger partial charge is 0.360 e. The molecule has 108 valence electrons. The fraction of sp³-hybridized carbons (Fsp3) is 0.222. The molecule has 1 aliphatic rings. The lowest BCUT2D eigenvalue weighted by Gasteiger charge is -1.95. The fourth-order valence-corrected chi connectivity index (χ4v) is 4.34. The van der Waals surface area contributed by atoms with E-state index >= 15 is 0 Å². The molecule has 4 rings (SSSR count). The molecule has 0 fully saturated rings. The van der Waals surface area contributed by atoms with Gasteiger partial charge in [-0.05, 0) is 37.3 Å². The van der Waals surface area contributed by atoms with E-state index in [-0.39, 0.29) is 0 Å². The number of rotatable bonds is 2. The Labute approximate surface area is 132 Å². The smallest absolute Gasteiger partial charge is 0.134 e. The minimum atomic E-state index is 0.782. The lowest BCUT2D eigenvalue weighted by molar-refractivity contribution is 0.913. The molecule has 3 nitrogen and oxygen atoms in total. The van der Waals surface area contributed by atoms with Crippen LogP contribution in [0.1, 0.15) is 33.6 Å². The highest BCUT2D eigenvalue weighted by Gasteiger charge is 2.21. The Morgan fingerprint density at radius 2 is 2.27 bits per heavy atom. The van der Waals surface area contributed by atoms with Gasteiger partial charge in [-0.15, -0.1) is 11.3 Å². The Bertz CT molecular complexity index is 937. The number of aromatic nitrogens is 1. The molecular formula is C18H15N3S. The molecule has 0 saturated heterocycles. The van der Waals surface area contributed by atoms with E-state index in [0.717, 1.165) is 34.5 Å². The van der Waals surface area contributed by atoms with E-state index in [1.165, 1.54) is 27.8 Å². The number of benzene rings is 1. The zero-order valence-electron chi connectivity index (χ0n) is 12.3. The van der Waals surface area contributed by atoms with Crippen molar-refractivity contribution in [3.8, 4) is 6.07 Å². The van der Waals surface area contributed by atoms with Crippen molar-refractivity contribution < 1.29 is 0 Å². The maximum absolute atomic E-state index is 9.41. The molecular weight excluding hydrogens is 290 g/mol. The molecule has 0 saturated carbocycles. The van der Waals surface area contributed by atoms with Crippen molar-refractivity contribution in [1.82, 2.24) is 4.98 Å². The van der Waals surface area contributed by atoms with Crippen LogP contribution in [0.2, 0.25) is 0 Å². The van der Waals surface area contributed by atoms with Crippen molar-refractivity contribution in [2.24, 2.45) is 4.99 Å². The van der Waals surface area contributed by atoms with Crippen molar-refractivity contribution in [3.63, 3.8) is 0 Å². The van der Waals surface area contributed by atoms with Gasteiger partial charge in [0, 0.05) is 33.8 Å². The molecule has 1 N–H and O–H groups in total. The molecule has 0 bridgehead atoms. The number of nitriles is 1. The highest BCUT2D eigenvalue weighted by Crippen LogP contribution is 2.40. The normalized spacial score (nSPS) is 13.8. The fourth-order valence-electron chi connectivity index (χ4n) is 3.16. The Kier molecular flexibility index (Phi) is 3.09. The first kappa shape index (κ1) is 13.3. The van der Waals surface area contributed by atoms with E-state index in [9.17, 15) is 5.26 Å². The minimum absolute atomic E-state index is 0.782. The number of aliphatic imine (C=N–C) groups is 1. The maximum atomic E-state index is 9.41. The third-order valence-corrected chi connectivity index (χ3v) is 5.49. The average Bonchev–Trinajstić information content (AvgIpc) is 3.19. The molecule has 0 spiro atoms. The van der Waals surface area contributed by atoms with E-state index in [0.29, 0.717) is 0 Å². The van der Waals surface area contributed by atoms with Gasteiger partial charge in [0.05, 0.1) is 5.56 Å². The Balaban J connectivity index is 1.76. The Morgan fingerprint density at radius 1 is 1.36 bits per heavy atom. The lowest BCUT2D eigenvalue weighted by Crippen LogP contribution is -1.81. The number of hydrogen-bond donors (Lipinski definition) is 1. The summed E-state index contributed by atoms with van der Waals surface area (Å²) in [7, 11) is 0. The zero-order valence-corrected chi connectivity index (χ0v) is 13.1. The van der Waals surface area contributed by atoms with Crippen molar-refractivity contribution in [2.45, 2.75) is 26.2 Å². The molecule has 1 aromatic carbocycles. The number of aryl methyl sites for hydroxylation is 2. The summed E-state index contributed by atoms with van der Waals surface area (Å²) in [6.45, 7) is 2.09. The summed E-state index contributed by atoms with van der Waals surface area (Å²) in [6.07, 6.45) is 7.14. The summed E-state index contributed by atoms with van der Waals surface area (Å²) in [5, 5.41) is 11.4. The van der Waals surface area contributed by atoms with Crippen LogP contribution < -0.4 is 0 Å². The minimum Gasteiger partial charge on any atom is -0.360 e. The first-order valence-corrected chi connectivity index (χ1v) is 8.25. The first-order valence-electron chi connectivity index (χ1n) is 7.43. The van der Waals surface area contributed by atoms with Crippen molar-refractivity contribution in [1.29, 1.82) is 5.26 Å². The number of aromatic amines is 1. The van der Waals surface area contributed by atoms with Crippen molar-refractivity contribution >= 4 is 33.5 Å². The lowest BCUT2D eigenvalue weighted by atomic mass is 10.1. The van der Waals surface area contributed by atoms with Crippen molar-refractivity contribution in [3.05, 3.63) is 51.5 Å². The quantitative estimate of drug-likeness (QED) is 0.688. The van der Waals surface area contributed by atoms with Gasteiger partial charge < -0.3 is 4.98 Å². The summed E-state index contributed by atoms with van der Waals surface area (Å²) < 4.78 is 0. The maximum Gasteiger partial charge on any atom is 0.134 e. The second-order valence-corrected chi connectivity index (χ2v) is 6.73. The van der Waals surface area contributed by atoms with Crippen LogP contribution in [-0.4, -0.2) is 11.2 Å². The third-order valence-electron chi connectivity index (χ3n) is 4.29. The van der Waals surface area contributed by atoms with E-state index < -0.39 is 0 Å². The number of para-hydroxylation sites is 1. The van der Waals surface area contributed by atoms with Crippen molar-refractivity contribution in [2.75, 3.05) is 0 Å². The summed E-state index contributed by atoms with van der Waals surface area (Å²) in [6, 6.07) is 8.59. The summed E-state index contributed by atoms with van der Waals surface area (Å²) >= 11 is 1.67. The van der Waals surface area contributed by atoms with Gasteiger partial charge in [0.1, 0.15) is 11.1 Å². The van der Waals surface area contributed by atoms with Crippen LogP contribution in [0.25, 0.3) is 10.9 Å². The molecule has 0 unspecified atom stereocenters. The molecule has 0 amide bonds. The van der Waals surface area contributed by atoms with Gasteiger partial charge in [0.15, 0.2) is 0 Å². The zero-order chi connectivity index (χ0) is 15.1. The Hall–Kier alpha value is -2.38. The Morgan fingerprint density at radius 3 is 3.14 bits per heavy atom. The molecule has 2 heterocycles. The molecule has 1 aliphatic carbocycles. The van der Waals surface area contributed by atoms with Gasteiger partial charge in [0.2, 0.25) is 0 Å². The molecule has 2 aromatic heterocycles. The first-order chi connectivity index (χ1) is 10.8. The molecule has 0 aliphatic heterocycles. The molecule has 22 heavy (non-hydrogen) atoms. The average molecular weight is 305 g/mol. The summed E-state index contributed by atoms with van der Waals surface area (Å²) in [5.74, 6) is 0. The van der Waals surface area contributed by atoms with Crippen LogP contribution in [-0.2, 0) is 12.8 Å². The van der Waals surface area contributed by atoms with Gasteiger partial charge in [-0.1, -0.05) is 18.2 Å². The molecule has 0 radical (unpaired) electrons. The number of nitrogens with zero attached hydrogens (tertiary/aromatic N) is 2. The topological polar surface area (TPSA) is 51.9 Å². The van der Waals surface area contributed by atoms with Gasteiger partial charge in [-0.3, -0.25) is 0 Å². The third kappa shape index (κ3) is 1.98. The van der Waals surface area contributed by atoms with Gasteiger partial charge >= 0.3 is 0 Å². The molecule has 4 heteroatoms. The standard InChI is InChI=1S/C18H15N3S/c1-11-4-2-5-13-12(9-20-17(11)13)10-21-18-15(8-19)14-6-3-7-16(14)22-18/h2,4-5,9-10,20H,3,6-7H2,1H3/b21-10+. The van der Waals surface area contributed by atoms with Crippen LogP contribution in [0.15, 0.2) is 29.4 Å². The van der Waals surface area contributed by atoms with Gasteiger partial charge in [-0.25, -0.2) is 4.99 Å². The number of nitrogens with one attached hydrogen (secondary N) is 1. The van der Waals surface area contributed by atoms with Crippen LogP contribution in [0.4, 0.5) is 5.00 Å². The SMILES string of the molecule is Cc1cccc2c(/C=N/c3sc4c(c3C#N)CCC4)c[nH]c12. The van der Waals surface area contributed by atoms with E-state index in [4.69, 9.17) is 0 Å². The van der Waals surface area contributed by atoms with Gasteiger partial charge in [-0.2, -0.15) is 5.26 Å². The van der Waals surface area contributed by atoms with Crippen LogP contribution in [0.5, 0.6) is 0 Å². The van der Waals surface area contributed by atoms with Crippen LogP contribution in [0.3, 0.4) is 0 Å². The summed E-state index contributed by atoms with van der Waals surface area (Å²) in [4.78, 5) is 9.27. The number of hydrogen-bond acceptors (Lipinski definition) is 3. The van der Waals surface area contributed by atoms with Crippen LogP contribution >= 0.6 is 11.3 Å². The monoisotopic (exact) mass is 305 g/mol. The number of thiophene rings is 1. The predicted octanol–water partition coefficient (Wildman–Crippen LogP) is 4.65. The second kappa shape index (κ2) is 5.11. The van der Waals surface area contributed by atoms with Gasteiger partial charge in [0.25, 0.3) is 0 Å². The number of H-pyrrole nitrogens is 1. The van der Waals surface area contributed by atoms with Crippen LogP contribution in [0, 0.1) is 18.3 Å². The summed E-state index contributed by atoms with van der Waals surface area (Å²) in [5.41, 5.74) is 5.46. The number of fused-ring (bicyclic) bond motifs is 2. The van der Waals surface area contributed by atoms with E-state index in [2.05, 4.69) is 41.2 Å². The second-order valence-electron chi connectivity index (χ2n) is 5.65. The highest BCUT2D eigenvalue weighted by molar-refractivity contribution is 7.16. The molecule has 0 atom stereocenters. The molecule has 3 aromatic rings. The van der Waals surface area contributed by atoms with E-state index in [1.807, 2.05) is 12.4 Å². The highest BCUT2D eigenvalue weighted by atomic mass is 32.1. The predicted molar refractivity (Wildman–Crippen MR) is 91.3 cm³/mol.